The maximum Gasteiger partial charge on any atom is 0.281 e. The van der Waals surface area contributed by atoms with Gasteiger partial charge in [0.2, 0.25) is 0 Å². The van der Waals surface area contributed by atoms with Crippen LogP contribution in [0.5, 0.6) is 11.5 Å². The van der Waals surface area contributed by atoms with E-state index in [0.29, 0.717) is 0 Å². The summed E-state index contributed by atoms with van der Waals surface area (Å²) in [6.07, 6.45) is 1.65. The van der Waals surface area contributed by atoms with Gasteiger partial charge >= 0.3 is 0 Å². The molecule has 1 aromatic rings. The fourth-order valence-corrected chi connectivity index (χ4v) is 1.56. The average Bonchev–Trinajstić information content (AvgIpc) is 2.98. The summed E-state index contributed by atoms with van der Waals surface area (Å²) < 4.78 is 0. The first kappa shape index (κ1) is 10.5. The van der Waals surface area contributed by atoms with Gasteiger partial charge in [-0.15, -0.1) is 0 Å². The molecule has 5 heteroatoms. The van der Waals surface area contributed by atoms with Crippen LogP contribution in [-0.2, 0) is 0 Å². The van der Waals surface area contributed by atoms with Crippen molar-refractivity contribution < 1.29 is 25.5 Å². The number of hydrogen-bond donors (Lipinski definition) is 5. The second-order valence-corrected chi connectivity index (χ2v) is 3.87. The van der Waals surface area contributed by atoms with E-state index in [4.69, 9.17) is 10.2 Å². The average molecular weight is 224 g/mol. The molecular weight excluding hydrogens is 212 g/mol. The predicted molar refractivity (Wildman–Crippen MR) is 56.4 cm³/mol. The number of hydrogen-bond acceptors (Lipinski definition) is 5. The van der Waals surface area contributed by atoms with Gasteiger partial charge in [-0.25, -0.2) is 0 Å². The first-order valence-corrected chi connectivity index (χ1v) is 4.88. The first-order chi connectivity index (χ1) is 7.50. The largest absolute Gasteiger partial charge is 0.511 e. The van der Waals surface area contributed by atoms with Crippen molar-refractivity contribution in [2.75, 3.05) is 0 Å². The van der Waals surface area contributed by atoms with E-state index in [1.165, 1.54) is 0 Å². The van der Waals surface area contributed by atoms with Crippen molar-refractivity contribution in [3.8, 4) is 11.5 Å². The highest BCUT2D eigenvalue weighted by Gasteiger charge is 2.27. The van der Waals surface area contributed by atoms with E-state index in [0.717, 1.165) is 25.0 Å². The lowest BCUT2D eigenvalue weighted by Crippen LogP contribution is -2.15. The van der Waals surface area contributed by atoms with Crippen LogP contribution in [-0.4, -0.2) is 25.5 Å². The fourth-order valence-electron chi connectivity index (χ4n) is 1.56. The third-order valence-corrected chi connectivity index (χ3v) is 2.58. The summed E-state index contributed by atoms with van der Waals surface area (Å²) >= 11 is 0. The molecule has 1 fully saturated rings. The Bertz CT molecular complexity index is 509. The van der Waals surface area contributed by atoms with Gasteiger partial charge in [0, 0.05) is 5.92 Å². The van der Waals surface area contributed by atoms with E-state index in [1.54, 1.807) is 0 Å². The van der Waals surface area contributed by atoms with Gasteiger partial charge in [0.25, 0.3) is 5.95 Å². The van der Waals surface area contributed by atoms with Crippen molar-refractivity contribution in [3.63, 3.8) is 0 Å². The van der Waals surface area contributed by atoms with Gasteiger partial charge in [0.15, 0.2) is 0 Å². The summed E-state index contributed by atoms with van der Waals surface area (Å²) in [5.41, 5.74) is 0. The monoisotopic (exact) mass is 224 g/mol. The normalized spacial score (nSPS) is 14.8. The van der Waals surface area contributed by atoms with Crippen molar-refractivity contribution in [1.82, 2.24) is 0 Å². The van der Waals surface area contributed by atoms with Crippen LogP contribution in [0.4, 0.5) is 0 Å². The first-order valence-electron chi connectivity index (χ1n) is 4.88. The topological polar surface area (TPSA) is 101 Å². The molecule has 0 heterocycles. The van der Waals surface area contributed by atoms with E-state index in [-0.39, 0.29) is 33.6 Å². The number of phenolic OH excluding ortho intramolecular Hbond substituents is 2. The Labute approximate surface area is 90.8 Å². The number of benzene rings is 1. The molecule has 16 heavy (non-hydrogen) atoms. The second kappa shape index (κ2) is 3.52. The van der Waals surface area contributed by atoms with Gasteiger partial charge in [-0.05, 0) is 25.0 Å². The van der Waals surface area contributed by atoms with Gasteiger partial charge in [-0.1, -0.05) is 0 Å². The van der Waals surface area contributed by atoms with Crippen LogP contribution < -0.4 is 10.4 Å². The quantitative estimate of drug-likeness (QED) is 0.474. The number of aliphatic hydroxyl groups is 3. The van der Waals surface area contributed by atoms with Crippen LogP contribution in [0.15, 0.2) is 12.1 Å². The standard InChI is InChI=1S/C11H12O5/c12-7-3-6(11(15)16)4-8(13)9(7)10(14)5-1-2-5/h3-5,12-16H,1-2H2. The van der Waals surface area contributed by atoms with Gasteiger partial charge < -0.3 is 25.5 Å². The molecule has 0 unspecified atom stereocenters. The Kier molecular flexibility index (Phi) is 2.30. The SMILES string of the molecule is OC(O)=c1cc(O)c(=C(O)C2CC2)c(O)c1. The minimum atomic E-state index is -0.997. The van der Waals surface area contributed by atoms with Crippen LogP contribution in [0, 0.1) is 5.92 Å². The molecule has 1 aliphatic carbocycles. The fraction of sp³-hybridized carbons (Fsp3) is 0.273. The number of rotatable bonds is 1. The Hall–Kier alpha value is -2.04. The highest BCUT2D eigenvalue weighted by Crippen LogP contribution is 2.35. The molecule has 0 spiro atoms. The van der Waals surface area contributed by atoms with Crippen LogP contribution in [0.2, 0.25) is 0 Å². The van der Waals surface area contributed by atoms with Gasteiger partial charge in [0.05, 0.1) is 10.4 Å². The van der Waals surface area contributed by atoms with Gasteiger partial charge in [-0.3, -0.25) is 0 Å². The molecule has 2 rings (SSSR count). The van der Waals surface area contributed by atoms with Crippen molar-refractivity contribution in [1.29, 1.82) is 0 Å². The van der Waals surface area contributed by atoms with Crippen LogP contribution >= 0.6 is 0 Å². The third kappa shape index (κ3) is 1.71. The molecule has 0 amide bonds. The molecule has 5 N–H and O–H groups in total. The predicted octanol–water partition coefficient (Wildman–Crippen LogP) is 0.356. The van der Waals surface area contributed by atoms with Crippen LogP contribution in [0.3, 0.4) is 0 Å². The Balaban J connectivity index is 2.74. The molecule has 0 atom stereocenters. The molecular formula is C11H12O5. The molecule has 5 nitrogen and oxygen atoms in total. The lowest BCUT2D eigenvalue weighted by Gasteiger charge is -2.02. The van der Waals surface area contributed by atoms with Crippen molar-refractivity contribution >= 4 is 11.7 Å². The molecule has 0 saturated heterocycles. The summed E-state index contributed by atoms with van der Waals surface area (Å²) in [6, 6.07) is 2.14. The van der Waals surface area contributed by atoms with Crippen LogP contribution in [0.1, 0.15) is 12.8 Å². The van der Waals surface area contributed by atoms with E-state index in [2.05, 4.69) is 0 Å². The number of phenols is 2. The molecule has 0 aromatic heterocycles. The zero-order valence-electron chi connectivity index (χ0n) is 8.38. The van der Waals surface area contributed by atoms with Crippen molar-refractivity contribution in [2.45, 2.75) is 12.8 Å². The second-order valence-electron chi connectivity index (χ2n) is 3.87. The molecule has 0 radical (unpaired) electrons. The minimum Gasteiger partial charge on any atom is -0.511 e. The van der Waals surface area contributed by atoms with E-state index in [9.17, 15) is 15.3 Å². The maximum absolute atomic E-state index is 9.72. The van der Waals surface area contributed by atoms with Gasteiger partial charge in [0.1, 0.15) is 17.3 Å². The van der Waals surface area contributed by atoms with Gasteiger partial charge in [-0.2, -0.15) is 0 Å². The van der Waals surface area contributed by atoms with E-state index in [1.807, 2.05) is 0 Å². The maximum atomic E-state index is 9.72. The lowest BCUT2D eigenvalue weighted by atomic mass is 10.1. The smallest absolute Gasteiger partial charge is 0.281 e. The molecule has 0 aliphatic heterocycles. The highest BCUT2D eigenvalue weighted by atomic mass is 16.5. The molecule has 1 aliphatic rings. The highest BCUT2D eigenvalue weighted by molar-refractivity contribution is 5.52. The van der Waals surface area contributed by atoms with Crippen molar-refractivity contribution in [3.05, 3.63) is 22.6 Å². The Morgan fingerprint density at radius 1 is 1.00 bits per heavy atom. The Morgan fingerprint density at radius 2 is 1.50 bits per heavy atom. The molecule has 0 bridgehead atoms. The molecule has 1 saturated carbocycles. The van der Waals surface area contributed by atoms with Crippen LogP contribution in [0.25, 0.3) is 11.7 Å². The summed E-state index contributed by atoms with van der Waals surface area (Å²) in [5, 5.41) is 46.4. The number of aromatic hydroxyl groups is 2. The van der Waals surface area contributed by atoms with E-state index >= 15 is 0 Å². The summed E-state index contributed by atoms with van der Waals surface area (Å²) in [4.78, 5) is 0. The van der Waals surface area contributed by atoms with Crippen molar-refractivity contribution in [2.24, 2.45) is 5.92 Å². The van der Waals surface area contributed by atoms with E-state index < -0.39 is 5.95 Å². The Morgan fingerprint density at radius 3 is 1.88 bits per heavy atom. The zero-order chi connectivity index (χ0) is 11.9. The zero-order valence-corrected chi connectivity index (χ0v) is 8.38. The minimum absolute atomic E-state index is 0.0191. The summed E-state index contributed by atoms with van der Waals surface area (Å²) in [6.45, 7) is 0. The molecule has 86 valence electrons. The third-order valence-electron chi connectivity index (χ3n) is 2.58. The molecule has 1 aromatic carbocycles. The lowest BCUT2D eigenvalue weighted by molar-refractivity contribution is 0.297. The number of aliphatic hydroxyl groups excluding tert-OH is 2. The summed E-state index contributed by atoms with van der Waals surface area (Å²) in [5.74, 6) is -1.82. The summed E-state index contributed by atoms with van der Waals surface area (Å²) in [7, 11) is 0.